The Kier molecular flexibility index (Phi) is 13.1. The monoisotopic (exact) mass is 822 g/mol. The summed E-state index contributed by atoms with van der Waals surface area (Å²) in [4.78, 5) is 41.8. The number of aliphatic hydroxyl groups is 1. The number of carbonyl (C=O) groups is 3. The molecule has 10 heteroatoms. The maximum absolute atomic E-state index is 14.7. The molecule has 12 atom stereocenters. The van der Waals surface area contributed by atoms with Gasteiger partial charge >= 0.3 is 17.9 Å². The molecular formula is C50H62O10. The fourth-order valence-electron chi connectivity index (χ4n) is 9.79. The highest BCUT2D eigenvalue weighted by Gasteiger charge is 2.61. The smallest absolute Gasteiger partial charge is 0.338 e. The highest BCUT2D eigenvalue weighted by atomic mass is 16.7. The molecule has 3 saturated heterocycles. The molecule has 2 bridgehead atoms. The Bertz CT molecular complexity index is 2060. The highest BCUT2D eigenvalue weighted by molar-refractivity contribution is 5.90. The van der Waals surface area contributed by atoms with Gasteiger partial charge in [-0.2, -0.15) is 0 Å². The van der Waals surface area contributed by atoms with Gasteiger partial charge in [-0.25, -0.2) is 9.59 Å². The summed E-state index contributed by atoms with van der Waals surface area (Å²) in [6, 6.07) is 14.5. The molecule has 0 saturated carbocycles. The van der Waals surface area contributed by atoms with E-state index in [1.807, 2.05) is 58.0 Å². The van der Waals surface area contributed by atoms with Crippen LogP contribution in [0.1, 0.15) is 112 Å². The van der Waals surface area contributed by atoms with Crippen LogP contribution in [0.5, 0.6) is 0 Å². The second-order valence-electron chi connectivity index (χ2n) is 18.1. The van der Waals surface area contributed by atoms with E-state index in [1.54, 1.807) is 49.4 Å². The molecular weight excluding hydrogens is 761 g/mol. The first-order valence-electron chi connectivity index (χ1n) is 21.8. The van der Waals surface area contributed by atoms with E-state index in [4.69, 9.17) is 28.4 Å². The van der Waals surface area contributed by atoms with E-state index in [1.165, 1.54) is 0 Å². The van der Waals surface area contributed by atoms with Crippen LogP contribution < -0.4 is 0 Å². The topological polar surface area (TPSA) is 127 Å². The van der Waals surface area contributed by atoms with E-state index in [9.17, 15) is 19.5 Å². The zero-order valence-electron chi connectivity index (χ0n) is 36.4. The molecule has 2 aromatic rings. The standard InChI is InChI=1S/C50H62O10/c1-9-31(4)43-34(7)21-22-49(60-43)27-40-26-39(59-49)20-19-33(6)42(57-46(51)36-16-10-13-29(2)23-36)32(5)15-12-18-38-28-55-45-44(58-47(52)37-17-11-14-30(3)24-37)35(8)25-41(48(53)56-40)50(38,45)54/h10-19,23-25,31-32,34,39-45,54H,9,20-22,26-28H2,1-8H3/b15-12+,33-19+,38-18+/t31-,32-,34-,39+,40-,41-,42-,43+,44+,45+,49+,50+/m0/s1. The summed E-state index contributed by atoms with van der Waals surface area (Å²) in [7, 11) is 0. The Hall–Kier alpha value is -4.35. The predicted octanol–water partition coefficient (Wildman–Crippen LogP) is 8.88. The summed E-state index contributed by atoms with van der Waals surface area (Å²) in [5.41, 5.74) is 2.66. The van der Waals surface area contributed by atoms with Gasteiger partial charge in [0.05, 0.1) is 29.9 Å². The molecule has 0 amide bonds. The van der Waals surface area contributed by atoms with E-state index in [-0.39, 0.29) is 24.7 Å². The molecule has 1 N–H and O–H groups in total. The maximum Gasteiger partial charge on any atom is 0.338 e. The minimum Gasteiger partial charge on any atom is -0.462 e. The summed E-state index contributed by atoms with van der Waals surface area (Å²) < 4.78 is 39.1. The van der Waals surface area contributed by atoms with Crippen molar-refractivity contribution in [3.05, 3.63) is 118 Å². The van der Waals surface area contributed by atoms with E-state index in [2.05, 4.69) is 26.8 Å². The number of fused-ring (bicyclic) bond motifs is 2. The van der Waals surface area contributed by atoms with Gasteiger partial charge in [0.1, 0.15) is 29.8 Å². The molecule has 5 aliphatic rings. The van der Waals surface area contributed by atoms with Gasteiger partial charge in [-0.3, -0.25) is 4.79 Å². The number of benzene rings is 2. The van der Waals surface area contributed by atoms with Crippen LogP contribution in [0.3, 0.4) is 0 Å². The summed E-state index contributed by atoms with van der Waals surface area (Å²) >= 11 is 0. The second kappa shape index (κ2) is 17.9. The number of ether oxygens (including phenoxy) is 6. The molecule has 3 fully saturated rings. The molecule has 2 aromatic carbocycles. The molecule has 322 valence electrons. The van der Waals surface area contributed by atoms with Crippen LogP contribution in [0.4, 0.5) is 0 Å². The van der Waals surface area contributed by atoms with Crippen molar-refractivity contribution in [2.45, 2.75) is 142 Å². The summed E-state index contributed by atoms with van der Waals surface area (Å²) in [6.07, 6.45) is 9.27. The van der Waals surface area contributed by atoms with Gasteiger partial charge in [-0.15, -0.1) is 0 Å². The van der Waals surface area contributed by atoms with Crippen molar-refractivity contribution in [3.63, 3.8) is 0 Å². The van der Waals surface area contributed by atoms with Crippen molar-refractivity contribution in [1.82, 2.24) is 0 Å². The largest absolute Gasteiger partial charge is 0.462 e. The first-order valence-corrected chi connectivity index (χ1v) is 21.8. The van der Waals surface area contributed by atoms with Gasteiger partial charge in [0, 0.05) is 25.2 Å². The lowest BCUT2D eigenvalue weighted by molar-refractivity contribution is -0.340. The predicted molar refractivity (Wildman–Crippen MR) is 227 cm³/mol. The number of hydrogen-bond donors (Lipinski definition) is 1. The van der Waals surface area contributed by atoms with Gasteiger partial charge in [-0.05, 0) is 93.4 Å². The summed E-state index contributed by atoms with van der Waals surface area (Å²) in [6.45, 7) is 16.1. The van der Waals surface area contributed by atoms with E-state index in [0.717, 1.165) is 29.5 Å². The Labute approximate surface area is 355 Å². The van der Waals surface area contributed by atoms with Crippen LogP contribution >= 0.6 is 0 Å². The highest BCUT2D eigenvalue weighted by Crippen LogP contribution is 2.48. The SMILES string of the molecule is CC[C@H](C)[C@H]1O[C@]2(CC[C@@H]1C)C[C@@H]1C[C@@H](C/C=C(\C)[C@@H](OC(=O)c3cccc(C)c3)[C@@H](C)/C=C/C=C3\CO[C@@H]4[C@H](OC(=O)c5cccc(C)c5)C(C)=C[C@@H](C(=O)O1)[C@]34O)O2. The fraction of sp³-hybridized carbons (Fsp3) is 0.540. The van der Waals surface area contributed by atoms with Crippen LogP contribution in [-0.2, 0) is 33.2 Å². The maximum atomic E-state index is 14.7. The lowest BCUT2D eigenvalue weighted by atomic mass is 9.70. The first kappa shape index (κ1) is 43.7. The fourth-order valence-corrected chi connectivity index (χ4v) is 9.79. The van der Waals surface area contributed by atoms with Gasteiger partial charge < -0.3 is 33.5 Å². The lowest BCUT2D eigenvalue weighted by Gasteiger charge is -2.51. The molecule has 60 heavy (non-hydrogen) atoms. The molecule has 10 nitrogen and oxygen atoms in total. The van der Waals surface area contributed by atoms with Crippen LogP contribution in [-0.4, -0.2) is 77.6 Å². The molecule has 0 unspecified atom stereocenters. The Morgan fingerprint density at radius 1 is 0.917 bits per heavy atom. The van der Waals surface area contributed by atoms with Crippen LogP contribution in [0.2, 0.25) is 0 Å². The normalized spacial score (nSPS) is 37.2. The van der Waals surface area contributed by atoms with Crippen molar-refractivity contribution >= 4 is 17.9 Å². The quantitative estimate of drug-likeness (QED) is 0.172. The van der Waals surface area contributed by atoms with Crippen molar-refractivity contribution in [1.29, 1.82) is 0 Å². The number of carbonyl (C=O) groups excluding carboxylic acids is 3. The minimum absolute atomic E-state index is 0.0144. The lowest BCUT2D eigenvalue weighted by Crippen LogP contribution is -2.59. The average molecular weight is 823 g/mol. The van der Waals surface area contributed by atoms with Crippen molar-refractivity contribution in [2.24, 2.45) is 23.7 Å². The number of allylic oxidation sites excluding steroid dienone is 2. The molecule has 0 aromatic heterocycles. The van der Waals surface area contributed by atoms with Crippen LogP contribution in [0, 0.1) is 37.5 Å². The number of aryl methyl sites for hydroxylation is 2. The van der Waals surface area contributed by atoms with Crippen LogP contribution in [0.15, 0.2) is 95.6 Å². The van der Waals surface area contributed by atoms with Gasteiger partial charge in [0.15, 0.2) is 11.9 Å². The Balaban J connectivity index is 1.28. The molecule has 4 aliphatic heterocycles. The molecule has 1 spiro atoms. The zero-order chi connectivity index (χ0) is 42.9. The molecule has 4 heterocycles. The van der Waals surface area contributed by atoms with Gasteiger partial charge in [-0.1, -0.05) is 99.9 Å². The minimum atomic E-state index is -1.91. The van der Waals surface area contributed by atoms with Crippen LogP contribution in [0.25, 0.3) is 0 Å². The molecule has 7 rings (SSSR count). The van der Waals surface area contributed by atoms with Crippen molar-refractivity contribution in [2.75, 3.05) is 6.61 Å². The van der Waals surface area contributed by atoms with Gasteiger partial charge in [0.25, 0.3) is 0 Å². The first-order chi connectivity index (χ1) is 28.6. The molecule has 1 aliphatic carbocycles. The Morgan fingerprint density at radius 2 is 1.58 bits per heavy atom. The third kappa shape index (κ3) is 8.99. The molecule has 0 radical (unpaired) electrons. The van der Waals surface area contributed by atoms with E-state index < -0.39 is 59.6 Å². The zero-order valence-corrected chi connectivity index (χ0v) is 36.4. The van der Waals surface area contributed by atoms with Crippen molar-refractivity contribution in [3.8, 4) is 0 Å². The van der Waals surface area contributed by atoms with Crippen molar-refractivity contribution < 1.29 is 47.9 Å². The number of esters is 3. The second-order valence-corrected chi connectivity index (χ2v) is 18.1. The third-order valence-corrected chi connectivity index (χ3v) is 13.4. The summed E-state index contributed by atoms with van der Waals surface area (Å²) in [5.74, 6) is -3.37. The Morgan fingerprint density at radius 3 is 2.23 bits per heavy atom. The number of hydrogen-bond acceptors (Lipinski definition) is 10. The summed E-state index contributed by atoms with van der Waals surface area (Å²) in [5, 5.41) is 12.9. The number of rotatable bonds is 6. The van der Waals surface area contributed by atoms with Gasteiger partial charge in [0.2, 0.25) is 0 Å². The van der Waals surface area contributed by atoms with E-state index >= 15 is 0 Å². The average Bonchev–Trinajstić information content (AvgIpc) is 3.56. The van der Waals surface area contributed by atoms with E-state index in [0.29, 0.717) is 59.8 Å². The third-order valence-electron chi connectivity index (χ3n) is 13.4.